The minimum Gasteiger partial charge on any atom is -0.484 e. The Balaban J connectivity index is 1.19. The second-order valence-corrected chi connectivity index (χ2v) is 14.7. The molecule has 0 aliphatic heterocycles. The zero-order valence-corrected chi connectivity index (χ0v) is 26.1. The van der Waals surface area contributed by atoms with Crippen LogP contribution in [0.4, 0.5) is 30.5 Å². The largest absolute Gasteiger partial charge is 0.484 e. The number of aromatic nitrogens is 3. The van der Waals surface area contributed by atoms with Gasteiger partial charge in [-0.05, 0) is 93.0 Å². The molecule has 2 aromatic heterocycles. The van der Waals surface area contributed by atoms with E-state index in [0.717, 1.165) is 25.0 Å². The number of alkyl halides is 2. The summed E-state index contributed by atoms with van der Waals surface area (Å²) in [7, 11) is -5.06. The Morgan fingerprint density at radius 3 is 2.34 bits per heavy atom. The number of amides is 1. The number of anilines is 3. The average molecular weight is 671 g/mol. The van der Waals surface area contributed by atoms with Crippen LogP contribution in [-0.4, -0.2) is 35.4 Å². The molecule has 11 nitrogen and oxygen atoms in total. The summed E-state index contributed by atoms with van der Waals surface area (Å²) in [6.45, 7) is 1.62. The number of nitrogens with one attached hydrogen (secondary N) is 3. The quantitative estimate of drug-likeness (QED) is 0.138. The van der Waals surface area contributed by atoms with Gasteiger partial charge in [-0.2, -0.15) is 13.9 Å². The van der Waals surface area contributed by atoms with Crippen LogP contribution in [0.2, 0.25) is 0 Å². The van der Waals surface area contributed by atoms with Gasteiger partial charge in [-0.25, -0.2) is 12.8 Å². The standard InChI is InChI=1S/C32H33F3N6O5S/c1-16(20-2-5-22(33)6-3-20)45-24-11-21(4-7-23(24)41-47(43,44)31(34)35)28-27(29(36)42)30(39-38-28)37-26-12-25(46-40-26)32-13-17-8-18(14-32)10-19(9-17)15-32/h2-7,11-12,16-19,31,41H,8-10,13-15H2,1H3,(H2,36,42)(H2,37,38,39,40). The normalized spacial score (nSPS) is 24.0. The molecule has 4 aliphatic rings. The smallest absolute Gasteiger partial charge is 0.355 e. The van der Waals surface area contributed by atoms with E-state index in [1.165, 1.54) is 61.7 Å². The fourth-order valence-corrected chi connectivity index (χ4v) is 8.61. The maximum absolute atomic E-state index is 13.5. The van der Waals surface area contributed by atoms with E-state index in [1.807, 2.05) is 10.8 Å². The Kier molecular flexibility index (Phi) is 7.68. The number of nitrogens with two attached hydrogens (primary N) is 1. The molecule has 1 atom stereocenters. The molecule has 0 spiro atoms. The van der Waals surface area contributed by atoms with Gasteiger partial charge in [-0.3, -0.25) is 14.6 Å². The van der Waals surface area contributed by atoms with Gasteiger partial charge in [0, 0.05) is 17.0 Å². The number of H-pyrrole nitrogens is 1. The number of hydrogen-bond acceptors (Lipinski definition) is 8. The van der Waals surface area contributed by atoms with E-state index >= 15 is 0 Å². The molecule has 1 amide bonds. The lowest BCUT2D eigenvalue weighted by Crippen LogP contribution is -2.48. The van der Waals surface area contributed by atoms with E-state index in [0.29, 0.717) is 29.1 Å². The summed E-state index contributed by atoms with van der Waals surface area (Å²) in [5.41, 5.74) is 6.35. The third kappa shape index (κ3) is 5.92. The molecule has 248 valence electrons. The van der Waals surface area contributed by atoms with Crippen molar-refractivity contribution < 1.29 is 35.6 Å². The zero-order chi connectivity index (χ0) is 33.1. The van der Waals surface area contributed by atoms with E-state index in [4.69, 9.17) is 15.0 Å². The molecular formula is C32H33F3N6O5S. The molecule has 2 aromatic carbocycles. The summed E-state index contributed by atoms with van der Waals surface area (Å²) < 4.78 is 77.7. The van der Waals surface area contributed by atoms with Crippen molar-refractivity contribution >= 4 is 33.3 Å². The van der Waals surface area contributed by atoms with E-state index in [9.17, 15) is 26.4 Å². The molecule has 8 rings (SSSR count). The summed E-state index contributed by atoms with van der Waals surface area (Å²) in [5, 5.41) is 14.4. The third-order valence-corrected chi connectivity index (χ3v) is 10.7. The van der Waals surface area contributed by atoms with Crippen LogP contribution in [0.5, 0.6) is 5.75 Å². The van der Waals surface area contributed by atoms with Gasteiger partial charge in [0.25, 0.3) is 15.9 Å². The van der Waals surface area contributed by atoms with Crippen LogP contribution >= 0.6 is 0 Å². The van der Waals surface area contributed by atoms with Gasteiger partial charge in [0.2, 0.25) is 0 Å². The minimum atomic E-state index is -5.06. The monoisotopic (exact) mass is 670 g/mol. The van der Waals surface area contributed by atoms with Crippen LogP contribution < -0.4 is 20.5 Å². The predicted octanol–water partition coefficient (Wildman–Crippen LogP) is 6.62. The Morgan fingerprint density at radius 2 is 1.72 bits per heavy atom. The number of carbonyl (C=O) groups excluding carboxylic acids is 1. The van der Waals surface area contributed by atoms with Crippen molar-refractivity contribution in [3.8, 4) is 17.0 Å². The molecule has 0 saturated heterocycles. The molecule has 4 aromatic rings. The van der Waals surface area contributed by atoms with Gasteiger partial charge in [0.15, 0.2) is 5.82 Å². The lowest BCUT2D eigenvalue weighted by Gasteiger charge is -2.55. The maximum Gasteiger partial charge on any atom is 0.355 e. The van der Waals surface area contributed by atoms with E-state index in [2.05, 4.69) is 20.7 Å². The SMILES string of the molecule is CC(Oc1cc(-c2n[nH]c(Nc3cc(C45CC6CC(CC(C6)C4)C5)on3)c2C(N)=O)ccc1NS(=O)(=O)C(F)F)c1ccc(F)cc1. The maximum atomic E-state index is 13.5. The first-order valence-corrected chi connectivity index (χ1v) is 16.9. The van der Waals surface area contributed by atoms with Gasteiger partial charge in [-0.15, -0.1) is 0 Å². The fourth-order valence-electron chi connectivity index (χ4n) is 8.05. The molecule has 4 fully saturated rings. The van der Waals surface area contributed by atoms with Crippen molar-refractivity contribution in [2.24, 2.45) is 23.5 Å². The van der Waals surface area contributed by atoms with Gasteiger partial charge in [-0.1, -0.05) is 23.4 Å². The van der Waals surface area contributed by atoms with Crippen molar-refractivity contribution in [1.29, 1.82) is 0 Å². The second-order valence-electron chi connectivity index (χ2n) is 13.0. The first-order chi connectivity index (χ1) is 22.4. The number of sulfonamides is 1. The number of rotatable bonds is 11. The number of aromatic amines is 1. The number of benzene rings is 2. The highest BCUT2D eigenvalue weighted by molar-refractivity contribution is 7.93. The van der Waals surface area contributed by atoms with Crippen LogP contribution in [0, 0.1) is 23.6 Å². The van der Waals surface area contributed by atoms with Crippen molar-refractivity contribution in [3.63, 3.8) is 0 Å². The zero-order valence-electron chi connectivity index (χ0n) is 25.3. The molecule has 1 unspecified atom stereocenters. The van der Waals surface area contributed by atoms with Crippen molar-refractivity contribution in [2.75, 3.05) is 10.0 Å². The van der Waals surface area contributed by atoms with Gasteiger partial charge in [0.05, 0.1) is 5.69 Å². The number of halogens is 3. The molecule has 5 N–H and O–H groups in total. The van der Waals surface area contributed by atoms with Crippen molar-refractivity contribution in [2.45, 2.75) is 62.7 Å². The molecule has 47 heavy (non-hydrogen) atoms. The molecule has 4 saturated carbocycles. The predicted molar refractivity (Wildman–Crippen MR) is 166 cm³/mol. The van der Waals surface area contributed by atoms with Crippen molar-refractivity contribution in [1.82, 2.24) is 15.4 Å². The van der Waals surface area contributed by atoms with E-state index in [-0.39, 0.29) is 39.5 Å². The van der Waals surface area contributed by atoms with Crippen LogP contribution in [0.15, 0.2) is 53.1 Å². The Bertz CT molecular complexity index is 1890. The number of ether oxygens (including phenoxy) is 1. The van der Waals surface area contributed by atoms with Crippen LogP contribution in [0.1, 0.15) is 73.2 Å². The molecule has 4 bridgehead atoms. The first kappa shape index (κ1) is 31.1. The molecule has 15 heteroatoms. The Morgan fingerprint density at radius 1 is 1.06 bits per heavy atom. The fraction of sp³-hybridized carbons (Fsp3) is 0.406. The second kappa shape index (κ2) is 11.6. The highest BCUT2D eigenvalue weighted by Gasteiger charge is 2.53. The van der Waals surface area contributed by atoms with Crippen LogP contribution in [0.3, 0.4) is 0 Å². The summed E-state index contributed by atoms with van der Waals surface area (Å²) in [5.74, 6) is -1.64. The Hall–Kier alpha value is -4.53. The number of carbonyl (C=O) groups is 1. The molecule has 4 aliphatic carbocycles. The topological polar surface area (TPSA) is 165 Å². The van der Waals surface area contributed by atoms with E-state index < -0.39 is 33.6 Å². The Labute approximate surface area is 268 Å². The van der Waals surface area contributed by atoms with Gasteiger partial charge >= 0.3 is 5.76 Å². The highest BCUT2D eigenvalue weighted by Crippen LogP contribution is 2.61. The minimum absolute atomic E-state index is 0.0252. The first-order valence-electron chi connectivity index (χ1n) is 15.4. The van der Waals surface area contributed by atoms with Crippen LogP contribution in [-0.2, 0) is 15.4 Å². The summed E-state index contributed by atoms with van der Waals surface area (Å²) in [6.07, 6.45) is 6.35. The van der Waals surface area contributed by atoms with Gasteiger partial charge < -0.3 is 20.3 Å². The summed E-state index contributed by atoms with van der Waals surface area (Å²) in [6, 6.07) is 11.2. The molecule has 2 heterocycles. The highest BCUT2D eigenvalue weighted by atomic mass is 32.2. The van der Waals surface area contributed by atoms with Crippen molar-refractivity contribution in [3.05, 3.63) is 71.2 Å². The number of primary amides is 1. The molecule has 0 radical (unpaired) electrons. The number of hydrogen-bond donors (Lipinski definition) is 4. The lowest BCUT2D eigenvalue weighted by atomic mass is 9.49. The lowest BCUT2D eigenvalue weighted by molar-refractivity contribution is -0.0175. The van der Waals surface area contributed by atoms with Crippen LogP contribution in [0.25, 0.3) is 11.3 Å². The average Bonchev–Trinajstić information content (AvgIpc) is 3.66. The summed E-state index contributed by atoms with van der Waals surface area (Å²) >= 11 is 0. The summed E-state index contributed by atoms with van der Waals surface area (Å²) in [4.78, 5) is 12.7. The van der Waals surface area contributed by atoms with Gasteiger partial charge in [0.1, 0.15) is 40.5 Å². The van der Waals surface area contributed by atoms with E-state index in [1.54, 1.807) is 6.92 Å². The third-order valence-electron chi connectivity index (χ3n) is 9.72. The number of nitrogens with zero attached hydrogens (tertiary/aromatic N) is 2. The molecular weight excluding hydrogens is 637 g/mol.